The zero-order valence-electron chi connectivity index (χ0n) is 11.9. The second-order valence-electron chi connectivity index (χ2n) is 4.47. The highest BCUT2D eigenvalue weighted by Gasteiger charge is 2.23. The number of carbonyl (C=O) groups excluding carboxylic acids is 1. The smallest absolute Gasteiger partial charge is 0.246 e. The van der Waals surface area contributed by atoms with E-state index in [4.69, 9.17) is 9.15 Å². The molecule has 1 heterocycles. The number of hydrogen-bond donors (Lipinski definition) is 0. The first-order valence-corrected chi connectivity index (χ1v) is 7.50. The zero-order chi connectivity index (χ0) is 15.6. The first-order valence-electron chi connectivity index (χ1n) is 6.06. The van der Waals surface area contributed by atoms with Crippen LogP contribution in [-0.4, -0.2) is 40.2 Å². The number of sulfonamides is 1. The van der Waals surface area contributed by atoms with E-state index >= 15 is 0 Å². The number of methoxy groups -OCH3 is 1. The summed E-state index contributed by atoms with van der Waals surface area (Å²) in [5.41, 5.74) is 0.546. The van der Waals surface area contributed by atoms with Gasteiger partial charge in [-0.1, -0.05) is 0 Å². The minimum absolute atomic E-state index is 0.0385. The summed E-state index contributed by atoms with van der Waals surface area (Å²) in [6.07, 6.45) is 0.588. The molecule has 21 heavy (non-hydrogen) atoms. The Morgan fingerprint density at radius 2 is 1.90 bits per heavy atom. The van der Waals surface area contributed by atoms with Crippen molar-refractivity contribution in [3.63, 3.8) is 0 Å². The van der Waals surface area contributed by atoms with Gasteiger partial charge >= 0.3 is 0 Å². The first-order chi connectivity index (χ1) is 9.90. The van der Waals surface area contributed by atoms with Crippen LogP contribution in [0.15, 0.2) is 39.6 Å². The topological polar surface area (TPSA) is 76.8 Å². The van der Waals surface area contributed by atoms with Crippen LogP contribution in [0.5, 0.6) is 5.75 Å². The van der Waals surface area contributed by atoms with Crippen molar-refractivity contribution in [2.45, 2.75) is 4.90 Å². The molecule has 0 unspecified atom stereocenters. The van der Waals surface area contributed by atoms with E-state index in [9.17, 15) is 13.2 Å². The molecule has 0 amide bonds. The van der Waals surface area contributed by atoms with Crippen molar-refractivity contribution in [2.75, 3.05) is 21.2 Å². The van der Waals surface area contributed by atoms with Crippen molar-refractivity contribution < 1.29 is 22.4 Å². The molecule has 6 nitrogen and oxygen atoms in total. The Bertz CT molecular complexity index is 761. The van der Waals surface area contributed by atoms with Gasteiger partial charge in [-0.25, -0.2) is 12.7 Å². The van der Waals surface area contributed by atoms with Crippen LogP contribution in [0.2, 0.25) is 0 Å². The van der Waals surface area contributed by atoms with Gasteiger partial charge in [-0.05, 0) is 30.3 Å². The van der Waals surface area contributed by atoms with E-state index in [1.165, 1.54) is 33.3 Å². The van der Waals surface area contributed by atoms with Crippen molar-refractivity contribution in [1.29, 1.82) is 0 Å². The molecule has 2 rings (SSSR count). The number of ether oxygens (including phenoxy) is 1. The maximum atomic E-state index is 12.3. The molecular weight excluding hydrogens is 294 g/mol. The third-order valence-electron chi connectivity index (χ3n) is 2.95. The molecule has 0 fully saturated rings. The van der Waals surface area contributed by atoms with E-state index in [-0.39, 0.29) is 16.4 Å². The van der Waals surface area contributed by atoms with Gasteiger partial charge in [0.2, 0.25) is 10.0 Å². The highest BCUT2D eigenvalue weighted by Crippen LogP contribution is 2.31. The van der Waals surface area contributed by atoms with Crippen LogP contribution in [0.25, 0.3) is 11.3 Å². The number of hydrogen-bond acceptors (Lipinski definition) is 5. The fourth-order valence-electron chi connectivity index (χ4n) is 1.80. The maximum absolute atomic E-state index is 12.3. The van der Waals surface area contributed by atoms with Crippen molar-refractivity contribution in [3.8, 4) is 17.1 Å². The van der Waals surface area contributed by atoms with Gasteiger partial charge in [-0.2, -0.15) is 0 Å². The van der Waals surface area contributed by atoms with Gasteiger partial charge in [-0.3, -0.25) is 4.79 Å². The van der Waals surface area contributed by atoms with Crippen molar-refractivity contribution >= 4 is 16.3 Å². The van der Waals surface area contributed by atoms with E-state index in [1.54, 1.807) is 18.2 Å². The molecule has 0 radical (unpaired) electrons. The van der Waals surface area contributed by atoms with E-state index < -0.39 is 10.0 Å². The van der Waals surface area contributed by atoms with Crippen LogP contribution in [0.1, 0.15) is 10.6 Å². The quantitative estimate of drug-likeness (QED) is 0.790. The number of nitrogens with zero attached hydrogens (tertiary/aromatic N) is 1. The van der Waals surface area contributed by atoms with Gasteiger partial charge < -0.3 is 9.15 Å². The molecule has 0 aliphatic rings. The summed E-state index contributed by atoms with van der Waals surface area (Å²) in [4.78, 5) is 10.7. The molecule has 0 N–H and O–H groups in total. The largest absolute Gasteiger partial charge is 0.495 e. The molecule has 1 aromatic carbocycles. The van der Waals surface area contributed by atoms with Gasteiger partial charge in [0, 0.05) is 19.7 Å². The Morgan fingerprint density at radius 1 is 1.19 bits per heavy atom. The Kier molecular flexibility index (Phi) is 4.15. The minimum Gasteiger partial charge on any atom is -0.495 e. The van der Waals surface area contributed by atoms with Crippen LogP contribution >= 0.6 is 0 Å². The number of benzene rings is 1. The van der Waals surface area contributed by atoms with Crippen LogP contribution in [0.4, 0.5) is 0 Å². The van der Waals surface area contributed by atoms with Crippen LogP contribution in [-0.2, 0) is 10.0 Å². The summed E-state index contributed by atoms with van der Waals surface area (Å²) in [5.74, 6) is 0.836. The second-order valence-corrected chi connectivity index (χ2v) is 6.59. The van der Waals surface area contributed by atoms with Crippen molar-refractivity contribution in [3.05, 3.63) is 36.1 Å². The summed E-state index contributed by atoms with van der Waals surface area (Å²) in [6, 6.07) is 7.81. The highest BCUT2D eigenvalue weighted by molar-refractivity contribution is 7.89. The van der Waals surface area contributed by atoms with Crippen molar-refractivity contribution in [2.24, 2.45) is 0 Å². The van der Waals surface area contributed by atoms with Crippen LogP contribution in [0.3, 0.4) is 0 Å². The summed E-state index contributed by atoms with van der Waals surface area (Å²) in [6.45, 7) is 0. The van der Waals surface area contributed by atoms with Gasteiger partial charge in [0.15, 0.2) is 12.0 Å². The summed E-state index contributed by atoms with van der Waals surface area (Å²) in [7, 11) is 0.639. The monoisotopic (exact) mass is 309 g/mol. The summed E-state index contributed by atoms with van der Waals surface area (Å²) < 4.78 is 36.1. The van der Waals surface area contributed by atoms with E-state index in [1.807, 2.05) is 0 Å². The Hall–Kier alpha value is -2.12. The molecule has 0 bridgehead atoms. The lowest BCUT2D eigenvalue weighted by Gasteiger charge is -2.15. The number of carbonyl (C=O) groups is 1. The van der Waals surface area contributed by atoms with Gasteiger partial charge in [0.05, 0.1) is 7.11 Å². The molecule has 0 saturated carbocycles. The summed E-state index contributed by atoms with van der Waals surface area (Å²) >= 11 is 0. The zero-order valence-corrected chi connectivity index (χ0v) is 12.7. The normalized spacial score (nSPS) is 11.6. The molecule has 2 aromatic rings. The highest BCUT2D eigenvalue weighted by atomic mass is 32.2. The van der Waals surface area contributed by atoms with E-state index in [0.717, 1.165) is 4.31 Å². The Labute approximate surface area is 123 Å². The lowest BCUT2D eigenvalue weighted by atomic mass is 10.2. The predicted molar refractivity (Wildman–Crippen MR) is 77.0 cm³/mol. The van der Waals surface area contributed by atoms with Crippen LogP contribution < -0.4 is 4.74 Å². The number of aldehydes is 1. The molecule has 0 spiro atoms. The minimum atomic E-state index is -3.65. The molecule has 0 atom stereocenters. The molecule has 0 aliphatic heterocycles. The molecule has 0 saturated heterocycles. The fourth-order valence-corrected chi connectivity index (χ4v) is 2.87. The van der Waals surface area contributed by atoms with Crippen LogP contribution in [0, 0.1) is 0 Å². The van der Waals surface area contributed by atoms with E-state index in [0.29, 0.717) is 17.6 Å². The van der Waals surface area contributed by atoms with Crippen molar-refractivity contribution in [1.82, 2.24) is 4.31 Å². The van der Waals surface area contributed by atoms with E-state index in [2.05, 4.69) is 0 Å². The molecule has 7 heteroatoms. The average molecular weight is 309 g/mol. The molecular formula is C14H15NO5S. The van der Waals surface area contributed by atoms with Gasteiger partial charge in [0.1, 0.15) is 16.4 Å². The lowest BCUT2D eigenvalue weighted by molar-refractivity contribution is 0.110. The predicted octanol–water partition coefficient (Wildman–Crippen LogP) is 2.02. The Morgan fingerprint density at radius 3 is 2.43 bits per heavy atom. The first kappa shape index (κ1) is 15.3. The number of rotatable bonds is 5. The third kappa shape index (κ3) is 2.84. The SMILES string of the molecule is COc1ccc(-c2ccc(C=O)o2)cc1S(=O)(=O)N(C)C. The van der Waals surface area contributed by atoms with Gasteiger partial charge in [0.25, 0.3) is 0 Å². The lowest BCUT2D eigenvalue weighted by Crippen LogP contribution is -2.22. The summed E-state index contributed by atoms with van der Waals surface area (Å²) in [5, 5.41) is 0. The second kappa shape index (κ2) is 5.71. The average Bonchev–Trinajstić information content (AvgIpc) is 2.95. The number of furan rings is 1. The third-order valence-corrected chi connectivity index (χ3v) is 4.79. The molecule has 0 aliphatic carbocycles. The molecule has 1 aromatic heterocycles. The fraction of sp³-hybridized carbons (Fsp3) is 0.214. The Balaban J connectivity index is 2.60. The standard InChI is InChI=1S/C14H15NO5S/c1-15(2)21(17,18)14-8-10(4-6-13(14)19-3)12-7-5-11(9-16)20-12/h4-9H,1-3H3. The van der Waals surface area contributed by atoms with Gasteiger partial charge in [-0.15, -0.1) is 0 Å². The maximum Gasteiger partial charge on any atom is 0.246 e. The molecule has 112 valence electrons.